The van der Waals surface area contributed by atoms with Crippen LogP contribution in [0.1, 0.15) is 36.5 Å². The normalized spacial score (nSPS) is 22.0. The number of rotatable bonds is 4. The van der Waals surface area contributed by atoms with E-state index in [1.807, 2.05) is 52.3 Å². The topological polar surface area (TPSA) is 40.6 Å². The summed E-state index contributed by atoms with van der Waals surface area (Å²) in [7, 11) is 0. The summed E-state index contributed by atoms with van der Waals surface area (Å²) in [6.45, 7) is 4.10. The molecule has 5 rings (SSSR count). The molecule has 3 saturated heterocycles. The average Bonchev–Trinajstić information content (AvgIpc) is 3.01. The molecule has 0 aliphatic carbocycles. The summed E-state index contributed by atoms with van der Waals surface area (Å²) in [6, 6.07) is 18.1. The molecular formula is C23H26N2O2. The molecule has 2 aromatic rings. The first-order valence-corrected chi connectivity index (χ1v) is 9.92. The van der Waals surface area contributed by atoms with E-state index in [1.54, 1.807) is 0 Å². The minimum Gasteiger partial charge on any atom is -0.338 e. The van der Waals surface area contributed by atoms with Crippen LogP contribution in [0.5, 0.6) is 0 Å². The van der Waals surface area contributed by atoms with Gasteiger partial charge < -0.3 is 9.80 Å². The molecule has 2 amide bonds. The van der Waals surface area contributed by atoms with Gasteiger partial charge in [-0.3, -0.25) is 9.59 Å². The van der Waals surface area contributed by atoms with E-state index in [0.29, 0.717) is 18.7 Å². The van der Waals surface area contributed by atoms with Crippen LogP contribution in [0.4, 0.5) is 0 Å². The van der Waals surface area contributed by atoms with Gasteiger partial charge in [-0.1, -0.05) is 49.4 Å². The van der Waals surface area contributed by atoms with Crippen LogP contribution in [0.25, 0.3) is 11.1 Å². The fourth-order valence-electron chi connectivity index (χ4n) is 4.36. The van der Waals surface area contributed by atoms with Gasteiger partial charge in [0.05, 0.1) is 5.92 Å². The molecule has 3 fully saturated rings. The van der Waals surface area contributed by atoms with Crippen molar-refractivity contribution in [3.63, 3.8) is 0 Å². The van der Waals surface area contributed by atoms with Gasteiger partial charge >= 0.3 is 0 Å². The summed E-state index contributed by atoms with van der Waals surface area (Å²) in [6.07, 6.45) is 2.87. The monoisotopic (exact) mass is 362 g/mol. The van der Waals surface area contributed by atoms with E-state index in [1.165, 1.54) is 0 Å². The second-order valence-corrected chi connectivity index (χ2v) is 7.61. The molecule has 0 spiro atoms. The van der Waals surface area contributed by atoms with Gasteiger partial charge in [-0.15, -0.1) is 0 Å². The van der Waals surface area contributed by atoms with Crippen molar-refractivity contribution >= 4 is 11.8 Å². The quantitative estimate of drug-likeness (QED) is 0.829. The van der Waals surface area contributed by atoms with Crippen molar-refractivity contribution in [1.29, 1.82) is 0 Å². The predicted molar refractivity (Wildman–Crippen MR) is 106 cm³/mol. The van der Waals surface area contributed by atoms with Gasteiger partial charge in [-0.25, -0.2) is 0 Å². The first-order valence-electron chi connectivity index (χ1n) is 9.92. The molecule has 2 aromatic carbocycles. The van der Waals surface area contributed by atoms with Gasteiger partial charge in [0.2, 0.25) is 5.91 Å². The van der Waals surface area contributed by atoms with Gasteiger partial charge in [0, 0.05) is 31.2 Å². The Morgan fingerprint density at radius 1 is 0.963 bits per heavy atom. The van der Waals surface area contributed by atoms with Gasteiger partial charge in [-0.05, 0) is 42.5 Å². The number of nitrogens with zero attached hydrogens (tertiary/aromatic N) is 2. The lowest BCUT2D eigenvalue weighted by atomic mass is 9.94. The first kappa shape index (κ1) is 17.8. The smallest absolute Gasteiger partial charge is 0.253 e. The van der Waals surface area contributed by atoms with Crippen LogP contribution in [0, 0.1) is 5.92 Å². The van der Waals surface area contributed by atoms with Gasteiger partial charge in [0.1, 0.15) is 0 Å². The number of hydrogen-bond acceptors (Lipinski definition) is 2. The van der Waals surface area contributed by atoms with Crippen LogP contribution in [0.3, 0.4) is 0 Å². The van der Waals surface area contributed by atoms with Crippen molar-refractivity contribution in [2.45, 2.75) is 32.2 Å². The van der Waals surface area contributed by atoms with Gasteiger partial charge in [-0.2, -0.15) is 0 Å². The van der Waals surface area contributed by atoms with E-state index in [-0.39, 0.29) is 23.8 Å². The Morgan fingerprint density at radius 3 is 2.37 bits per heavy atom. The van der Waals surface area contributed by atoms with Crippen molar-refractivity contribution in [1.82, 2.24) is 9.80 Å². The Bertz CT molecular complexity index is 816. The van der Waals surface area contributed by atoms with E-state index >= 15 is 0 Å². The SMILES string of the molecule is CCCN1C(=O)[C@H]2CC[C@@H]1CN(C(=O)c1ccc(-c3ccccc3)cc1)C2. The molecule has 0 N–H and O–H groups in total. The lowest BCUT2D eigenvalue weighted by Crippen LogP contribution is -2.48. The van der Waals surface area contributed by atoms with Gasteiger partial charge in [0.15, 0.2) is 0 Å². The number of hydrogen-bond donors (Lipinski definition) is 0. The molecular weight excluding hydrogens is 336 g/mol. The molecule has 3 aliphatic rings. The van der Waals surface area contributed by atoms with Crippen molar-refractivity contribution in [3.05, 3.63) is 60.2 Å². The Balaban J connectivity index is 1.52. The molecule has 0 saturated carbocycles. The molecule has 4 nitrogen and oxygen atoms in total. The summed E-state index contributed by atoms with van der Waals surface area (Å²) < 4.78 is 0. The summed E-state index contributed by atoms with van der Waals surface area (Å²) >= 11 is 0. The highest BCUT2D eigenvalue weighted by molar-refractivity contribution is 5.95. The van der Waals surface area contributed by atoms with Crippen LogP contribution in [0.15, 0.2) is 54.6 Å². The molecule has 0 aromatic heterocycles. The first-order chi connectivity index (χ1) is 13.2. The van der Waals surface area contributed by atoms with Crippen LogP contribution in [-0.4, -0.2) is 47.3 Å². The second kappa shape index (κ2) is 7.55. The zero-order chi connectivity index (χ0) is 18.8. The third-order valence-electron chi connectivity index (χ3n) is 5.78. The number of fused-ring (bicyclic) bond motifs is 4. The second-order valence-electron chi connectivity index (χ2n) is 7.61. The molecule has 4 heteroatoms. The third kappa shape index (κ3) is 3.48. The van der Waals surface area contributed by atoms with Crippen molar-refractivity contribution in [2.75, 3.05) is 19.6 Å². The molecule has 27 heavy (non-hydrogen) atoms. The Morgan fingerprint density at radius 2 is 1.67 bits per heavy atom. The van der Waals surface area contributed by atoms with Crippen LogP contribution in [0.2, 0.25) is 0 Å². The largest absolute Gasteiger partial charge is 0.338 e. The standard InChI is InChI=1S/C23H26N2O2/c1-2-14-25-21-13-12-20(23(25)27)15-24(16-21)22(26)19-10-8-18(9-11-19)17-6-4-3-5-7-17/h3-11,20-21H,2,12-16H2,1H3/t20-,21+/m0/s1. The lowest BCUT2D eigenvalue weighted by Gasteiger charge is -2.35. The maximum atomic E-state index is 13.1. The fraction of sp³-hybridized carbons (Fsp3) is 0.391. The van der Waals surface area contributed by atoms with Gasteiger partial charge in [0.25, 0.3) is 5.91 Å². The van der Waals surface area contributed by atoms with E-state index in [9.17, 15) is 9.59 Å². The van der Waals surface area contributed by atoms with Crippen molar-refractivity contribution in [2.24, 2.45) is 5.92 Å². The van der Waals surface area contributed by atoms with Crippen LogP contribution in [-0.2, 0) is 4.79 Å². The molecule has 3 aliphatic heterocycles. The van der Waals surface area contributed by atoms with Crippen molar-refractivity contribution in [3.8, 4) is 11.1 Å². The Hall–Kier alpha value is -2.62. The minimum atomic E-state index is -0.0390. The number of benzene rings is 2. The Kier molecular flexibility index (Phi) is 4.97. The summed E-state index contributed by atoms with van der Waals surface area (Å²) in [5.74, 6) is 0.239. The summed E-state index contributed by atoms with van der Waals surface area (Å²) in [5.41, 5.74) is 2.95. The molecule has 2 bridgehead atoms. The zero-order valence-corrected chi connectivity index (χ0v) is 15.8. The maximum absolute atomic E-state index is 13.1. The summed E-state index contributed by atoms with van der Waals surface area (Å²) in [5, 5.41) is 0. The van der Waals surface area contributed by atoms with E-state index < -0.39 is 0 Å². The zero-order valence-electron chi connectivity index (χ0n) is 15.8. The fourth-order valence-corrected chi connectivity index (χ4v) is 4.36. The van der Waals surface area contributed by atoms with Crippen molar-refractivity contribution < 1.29 is 9.59 Å². The molecule has 3 heterocycles. The van der Waals surface area contributed by atoms with E-state index in [2.05, 4.69) is 19.1 Å². The lowest BCUT2D eigenvalue weighted by molar-refractivity contribution is -0.139. The highest BCUT2D eigenvalue weighted by atomic mass is 16.2. The Labute approximate surface area is 160 Å². The molecule has 0 unspecified atom stereocenters. The van der Waals surface area contributed by atoms with Crippen LogP contribution >= 0.6 is 0 Å². The molecule has 2 atom stereocenters. The number of amides is 2. The number of carbonyl (C=O) groups excluding carboxylic acids is 2. The van der Waals surface area contributed by atoms with Crippen LogP contribution < -0.4 is 0 Å². The van der Waals surface area contributed by atoms with E-state index in [0.717, 1.165) is 36.9 Å². The third-order valence-corrected chi connectivity index (χ3v) is 5.78. The number of piperidine rings is 1. The number of carbonyl (C=O) groups is 2. The maximum Gasteiger partial charge on any atom is 0.253 e. The molecule has 0 radical (unpaired) electrons. The minimum absolute atomic E-state index is 0.0390. The van der Waals surface area contributed by atoms with E-state index in [4.69, 9.17) is 0 Å². The summed E-state index contributed by atoms with van der Waals surface area (Å²) in [4.78, 5) is 29.7. The molecule has 140 valence electrons. The highest BCUT2D eigenvalue weighted by Crippen LogP contribution is 2.30. The highest BCUT2D eigenvalue weighted by Gasteiger charge is 2.41. The predicted octanol–water partition coefficient (Wildman–Crippen LogP) is 3.83. The average molecular weight is 362 g/mol.